The van der Waals surface area contributed by atoms with E-state index in [0.29, 0.717) is 11.2 Å². The Hall–Kier alpha value is -1.12. The minimum absolute atomic E-state index is 0.0876. The van der Waals surface area contributed by atoms with Crippen LogP contribution in [-0.2, 0) is 6.54 Å². The first-order valence-corrected chi connectivity index (χ1v) is 8.60. The van der Waals surface area contributed by atoms with Crippen molar-refractivity contribution in [1.29, 1.82) is 0 Å². The van der Waals surface area contributed by atoms with Gasteiger partial charge in [0.25, 0.3) is 0 Å². The predicted molar refractivity (Wildman–Crippen MR) is 82.1 cm³/mol. The van der Waals surface area contributed by atoms with Gasteiger partial charge in [-0.2, -0.15) is 0 Å². The highest BCUT2D eigenvalue weighted by Crippen LogP contribution is 2.65. The maximum absolute atomic E-state index is 13.3. The molecule has 3 heteroatoms. The van der Waals surface area contributed by atoms with Crippen molar-refractivity contribution < 1.29 is 4.79 Å². The fourth-order valence-electron chi connectivity index (χ4n) is 6.16. The third kappa shape index (κ3) is 2.00. The Morgan fingerprint density at radius 3 is 2.67 bits per heavy atom. The van der Waals surface area contributed by atoms with Gasteiger partial charge in [0.2, 0.25) is 5.78 Å². The standard InChI is InChI=1S/C18H26N2O/c1-3-5-20-6-4-19-16(20)15(21)18-10-13-7-14(11-18)9-17(2,8-13)12-18/h4,6,13-14H,3,5,7-12H2,1-2H3. The highest BCUT2D eigenvalue weighted by Gasteiger charge is 2.59. The molecule has 4 saturated carbocycles. The van der Waals surface area contributed by atoms with Crippen LogP contribution in [0, 0.1) is 22.7 Å². The Morgan fingerprint density at radius 2 is 2.05 bits per heavy atom. The molecule has 0 spiro atoms. The zero-order chi connectivity index (χ0) is 14.7. The molecule has 114 valence electrons. The van der Waals surface area contributed by atoms with Gasteiger partial charge in [-0.1, -0.05) is 13.8 Å². The molecule has 2 unspecified atom stereocenters. The van der Waals surface area contributed by atoms with Gasteiger partial charge in [0.05, 0.1) is 0 Å². The molecule has 1 heterocycles. The lowest BCUT2D eigenvalue weighted by molar-refractivity contribution is -0.0825. The van der Waals surface area contributed by atoms with E-state index in [1.165, 1.54) is 19.3 Å². The van der Waals surface area contributed by atoms with Crippen LogP contribution in [0.5, 0.6) is 0 Å². The minimum Gasteiger partial charge on any atom is -0.329 e. The van der Waals surface area contributed by atoms with E-state index in [0.717, 1.165) is 49.9 Å². The minimum atomic E-state index is -0.0876. The summed E-state index contributed by atoms with van der Waals surface area (Å²) in [5.41, 5.74) is 0.331. The molecule has 3 nitrogen and oxygen atoms in total. The van der Waals surface area contributed by atoms with Gasteiger partial charge in [0.1, 0.15) is 0 Å². The molecule has 2 atom stereocenters. The summed E-state index contributed by atoms with van der Waals surface area (Å²) >= 11 is 0. The largest absolute Gasteiger partial charge is 0.329 e. The third-order valence-corrected chi connectivity index (χ3v) is 6.22. The Labute approximate surface area is 127 Å². The van der Waals surface area contributed by atoms with Crippen molar-refractivity contribution in [3.05, 3.63) is 18.2 Å². The molecule has 1 aromatic rings. The number of hydrogen-bond donors (Lipinski definition) is 0. The number of imidazole rings is 1. The summed E-state index contributed by atoms with van der Waals surface area (Å²) in [5, 5.41) is 0. The normalized spacial score (nSPS) is 40.7. The first-order valence-electron chi connectivity index (χ1n) is 8.60. The molecule has 4 bridgehead atoms. The van der Waals surface area contributed by atoms with Crippen molar-refractivity contribution in [3.8, 4) is 0 Å². The van der Waals surface area contributed by atoms with Gasteiger partial charge in [-0.05, 0) is 62.2 Å². The number of rotatable bonds is 4. The van der Waals surface area contributed by atoms with Crippen molar-refractivity contribution in [2.45, 2.75) is 65.3 Å². The lowest BCUT2D eigenvalue weighted by atomic mass is 9.44. The molecular formula is C18H26N2O. The van der Waals surface area contributed by atoms with Crippen LogP contribution in [0.3, 0.4) is 0 Å². The lowest BCUT2D eigenvalue weighted by Crippen LogP contribution is -2.54. The maximum Gasteiger partial charge on any atom is 0.204 e. The first kappa shape index (κ1) is 13.5. The zero-order valence-corrected chi connectivity index (χ0v) is 13.3. The van der Waals surface area contributed by atoms with Gasteiger partial charge in [-0.3, -0.25) is 4.79 Å². The molecule has 4 fully saturated rings. The molecule has 4 aliphatic carbocycles. The number of hydrogen-bond acceptors (Lipinski definition) is 2. The van der Waals surface area contributed by atoms with Crippen LogP contribution in [0.2, 0.25) is 0 Å². The number of nitrogens with zero attached hydrogens (tertiary/aromatic N) is 2. The molecule has 0 N–H and O–H groups in total. The van der Waals surface area contributed by atoms with Gasteiger partial charge >= 0.3 is 0 Å². The van der Waals surface area contributed by atoms with Crippen LogP contribution in [0.1, 0.15) is 69.4 Å². The molecule has 0 radical (unpaired) electrons. The Kier molecular flexibility index (Phi) is 2.86. The van der Waals surface area contributed by atoms with Crippen molar-refractivity contribution in [3.63, 3.8) is 0 Å². The van der Waals surface area contributed by atoms with Crippen LogP contribution in [0.4, 0.5) is 0 Å². The average Bonchev–Trinajstić information content (AvgIpc) is 2.83. The smallest absolute Gasteiger partial charge is 0.204 e. The average molecular weight is 286 g/mol. The van der Waals surface area contributed by atoms with Gasteiger partial charge in [0, 0.05) is 24.4 Å². The van der Waals surface area contributed by atoms with Crippen molar-refractivity contribution >= 4 is 5.78 Å². The highest BCUT2D eigenvalue weighted by molar-refractivity contribution is 5.98. The van der Waals surface area contributed by atoms with Crippen LogP contribution >= 0.6 is 0 Å². The summed E-state index contributed by atoms with van der Waals surface area (Å²) in [6.45, 7) is 5.48. The second kappa shape index (κ2) is 4.44. The quantitative estimate of drug-likeness (QED) is 0.782. The fourth-order valence-corrected chi connectivity index (χ4v) is 6.16. The Balaban J connectivity index is 1.69. The first-order chi connectivity index (χ1) is 10.0. The summed E-state index contributed by atoms with van der Waals surface area (Å²) in [6, 6.07) is 0. The van der Waals surface area contributed by atoms with Gasteiger partial charge < -0.3 is 4.57 Å². The maximum atomic E-state index is 13.3. The zero-order valence-electron chi connectivity index (χ0n) is 13.3. The lowest BCUT2D eigenvalue weighted by Gasteiger charge is -2.60. The topological polar surface area (TPSA) is 34.9 Å². The van der Waals surface area contributed by atoms with Crippen molar-refractivity contribution in [1.82, 2.24) is 9.55 Å². The van der Waals surface area contributed by atoms with E-state index in [2.05, 4.69) is 23.4 Å². The molecule has 0 aliphatic heterocycles. The van der Waals surface area contributed by atoms with Crippen LogP contribution in [0.15, 0.2) is 12.4 Å². The molecule has 0 saturated heterocycles. The van der Waals surface area contributed by atoms with E-state index in [1.54, 1.807) is 6.20 Å². The predicted octanol–water partition coefficient (Wildman–Crippen LogP) is 4.08. The molecule has 0 amide bonds. The Bertz CT molecular complexity index is 560. The summed E-state index contributed by atoms with van der Waals surface area (Å²) in [5.74, 6) is 2.65. The molecule has 5 rings (SSSR count). The van der Waals surface area contributed by atoms with Crippen LogP contribution in [-0.4, -0.2) is 15.3 Å². The monoisotopic (exact) mass is 286 g/mol. The Morgan fingerprint density at radius 1 is 1.33 bits per heavy atom. The van der Waals surface area contributed by atoms with Gasteiger partial charge in [-0.15, -0.1) is 0 Å². The van der Waals surface area contributed by atoms with Crippen molar-refractivity contribution in [2.75, 3.05) is 0 Å². The number of aryl methyl sites for hydroxylation is 1. The highest BCUT2D eigenvalue weighted by atomic mass is 16.1. The van der Waals surface area contributed by atoms with Gasteiger partial charge in [-0.25, -0.2) is 4.98 Å². The molecule has 4 aliphatic rings. The number of carbonyl (C=O) groups excluding carboxylic acids is 1. The van der Waals surface area contributed by atoms with E-state index in [9.17, 15) is 4.79 Å². The molecule has 1 aromatic heterocycles. The summed E-state index contributed by atoms with van der Waals surface area (Å²) < 4.78 is 2.07. The van der Waals surface area contributed by atoms with E-state index < -0.39 is 0 Å². The molecule has 21 heavy (non-hydrogen) atoms. The van der Waals surface area contributed by atoms with Crippen LogP contribution in [0.25, 0.3) is 0 Å². The summed E-state index contributed by atoms with van der Waals surface area (Å²) in [7, 11) is 0. The van der Waals surface area contributed by atoms with Crippen molar-refractivity contribution in [2.24, 2.45) is 22.7 Å². The third-order valence-electron chi connectivity index (χ3n) is 6.22. The van der Waals surface area contributed by atoms with E-state index in [-0.39, 0.29) is 5.41 Å². The molecule has 0 aromatic carbocycles. The van der Waals surface area contributed by atoms with E-state index >= 15 is 0 Å². The number of aromatic nitrogens is 2. The second-order valence-electron chi connectivity index (χ2n) is 8.33. The molecular weight excluding hydrogens is 260 g/mol. The number of ketones is 1. The number of carbonyl (C=O) groups is 1. The van der Waals surface area contributed by atoms with Crippen LogP contribution < -0.4 is 0 Å². The SMILES string of the molecule is CCCn1ccnc1C(=O)C12CC3CC(CC(C)(C3)C1)C2. The summed E-state index contributed by atoms with van der Waals surface area (Å²) in [6.07, 6.45) is 12.2. The second-order valence-corrected chi connectivity index (χ2v) is 8.33. The fraction of sp³-hybridized carbons (Fsp3) is 0.778. The van der Waals surface area contributed by atoms with E-state index in [1.807, 2.05) is 6.20 Å². The number of Topliss-reactive ketones (excluding diaryl/α,β-unsaturated/α-hetero) is 1. The van der Waals surface area contributed by atoms with E-state index in [4.69, 9.17) is 0 Å². The van der Waals surface area contributed by atoms with Gasteiger partial charge in [0.15, 0.2) is 5.82 Å². The summed E-state index contributed by atoms with van der Waals surface area (Å²) in [4.78, 5) is 17.7.